The Bertz CT molecular complexity index is 539. The molecular weight excluding hydrogens is 244 g/mol. The Balaban J connectivity index is 2.88. The van der Waals surface area contributed by atoms with Crippen LogP contribution in [0.4, 0.5) is 0 Å². The molecular formula is C18H22N2. The minimum Gasteiger partial charge on any atom is -0.263 e. The van der Waals surface area contributed by atoms with Crippen molar-refractivity contribution in [1.29, 1.82) is 5.26 Å². The fraction of sp³-hybridized carbons (Fsp3) is 0.333. The number of hydrogen-bond donors (Lipinski definition) is 0. The standard InChI is InChI=1S/C18H22N2/c1-6-7-8-16(11-19)12-20-13-17-14(2)9-18(4,5)10-15(17)3/h6-8,12-13H,2-3,9-10H2,1,4-5H3/b7-6-,16-8-,20-12?. The van der Waals surface area contributed by atoms with Crippen LogP contribution in [0.3, 0.4) is 0 Å². The summed E-state index contributed by atoms with van der Waals surface area (Å²) in [5, 5.41) is 8.96. The van der Waals surface area contributed by atoms with Gasteiger partial charge in [-0.05, 0) is 48.0 Å². The summed E-state index contributed by atoms with van der Waals surface area (Å²) < 4.78 is 0. The molecule has 2 nitrogen and oxygen atoms in total. The lowest BCUT2D eigenvalue weighted by Crippen LogP contribution is -2.19. The Morgan fingerprint density at radius 1 is 1.30 bits per heavy atom. The minimum atomic E-state index is 0.221. The maximum atomic E-state index is 8.96. The highest BCUT2D eigenvalue weighted by atomic mass is 14.7. The van der Waals surface area contributed by atoms with Crippen molar-refractivity contribution >= 4 is 6.21 Å². The molecule has 0 amide bonds. The summed E-state index contributed by atoms with van der Waals surface area (Å²) in [6.07, 6.45) is 10.7. The first-order chi connectivity index (χ1) is 9.39. The molecule has 0 aromatic heterocycles. The van der Waals surface area contributed by atoms with Crippen molar-refractivity contribution in [2.24, 2.45) is 10.4 Å². The summed E-state index contributed by atoms with van der Waals surface area (Å²) in [5.41, 5.74) is 3.90. The minimum absolute atomic E-state index is 0.221. The average molecular weight is 266 g/mol. The Labute approximate surface area is 122 Å². The largest absolute Gasteiger partial charge is 0.263 e. The van der Waals surface area contributed by atoms with Crippen LogP contribution >= 0.6 is 0 Å². The zero-order valence-electron chi connectivity index (χ0n) is 12.6. The van der Waals surface area contributed by atoms with Gasteiger partial charge < -0.3 is 0 Å². The Kier molecular flexibility index (Phi) is 5.46. The number of nitriles is 1. The number of hydrogen-bond acceptors (Lipinski definition) is 2. The molecule has 0 bridgehead atoms. The first kappa shape index (κ1) is 15.9. The van der Waals surface area contributed by atoms with E-state index in [-0.39, 0.29) is 5.41 Å². The van der Waals surface area contributed by atoms with E-state index in [0.717, 1.165) is 29.6 Å². The molecule has 0 atom stereocenters. The van der Waals surface area contributed by atoms with Gasteiger partial charge in [0.15, 0.2) is 0 Å². The summed E-state index contributed by atoms with van der Waals surface area (Å²) in [6, 6.07) is 2.10. The second-order valence-corrected chi connectivity index (χ2v) is 5.81. The van der Waals surface area contributed by atoms with Crippen molar-refractivity contribution in [2.75, 3.05) is 0 Å². The third-order valence-corrected chi connectivity index (χ3v) is 3.16. The predicted molar refractivity (Wildman–Crippen MR) is 86.4 cm³/mol. The zero-order chi connectivity index (χ0) is 15.2. The number of aliphatic imine (C=N–C) groups is 1. The van der Waals surface area contributed by atoms with Gasteiger partial charge in [0.25, 0.3) is 0 Å². The van der Waals surface area contributed by atoms with Crippen LogP contribution in [0, 0.1) is 16.7 Å². The quantitative estimate of drug-likeness (QED) is 0.406. The van der Waals surface area contributed by atoms with Crippen molar-refractivity contribution in [1.82, 2.24) is 0 Å². The van der Waals surface area contributed by atoms with E-state index in [0.29, 0.717) is 5.57 Å². The lowest BCUT2D eigenvalue weighted by Gasteiger charge is -2.33. The molecule has 1 aliphatic rings. The first-order valence-corrected chi connectivity index (χ1v) is 6.72. The summed E-state index contributed by atoms with van der Waals surface area (Å²) >= 11 is 0. The lowest BCUT2D eigenvalue weighted by atomic mass is 9.71. The van der Waals surface area contributed by atoms with Gasteiger partial charge in [-0.1, -0.05) is 39.2 Å². The van der Waals surface area contributed by atoms with E-state index in [9.17, 15) is 0 Å². The van der Waals surface area contributed by atoms with Crippen LogP contribution < -0.4 is 0 Å². The third-order valence-electron chi connectivity index (χ3n) is 3.16. The van der Waals surface area contributed by atoms with Crippen LogP contribution in [0.25, 0.3) is 0 Å². The molecule has 0 N–H and O–H groups in total. The van der Waals surface area contributed by atoms with E-state index in [2.05, 4.69) is 38.1 Å². The maximum Gasteiger partial charge on any atom is 0.101 e. The molecule has 0 unspecified atom stereocenters. The van der Waals surface area contributed by atoms with Crippen molar-refractivity contribution in [3.05, 3.63) is 59.9 Å². The maximum absolute atomic E-state index is 8.96. The molecule has 104 valence electrons. The van der Waals surface area contributed by atoms with E-state index < -0.39 is 0 Å². The molecule has 0 aromatic carbocycles. The van der Waals surface area contributed by atoms with Crippen molar-refractivity contribution in [3.8, 4) is 6.07 Å². The lowest BCUT2D eigenvalue weighted by molar-refractivity contribution is 0.349. The zero-order valence-corrected chi connectivity index (χ0v) is 12.6. The predicted octanol–water partition coefficient (Wildman–Crippen LogP) is 4.90. The number of rotatable bonds is 3. The average Bonchev–Trinajstić information content (AvgIpc) is 2.35. The Hall–Kier alpha value is -2.14. The molecule has 0 saturated heterocycles. The van der Waals surface area contributed by atoms with E-state index in [1.807, 2.05) is 19.1 Å². The second-order valence-electron chi connectivity index (χ2n) is 5.81. The van der Waals surface area contributed by atoms with E-state index in [1.165, 1.54) is 0 Å². The van der Waals surface area contributed by atoms with E-state index in [4.69, 9.17) is 5.26 Å². The van der Waals surface area contributed by atoms with Gasteiger partial charge in [-0.2, -0.15) is 5.26 Å². The third kappa shape index (κ3) is 4.51. The molecule has 1 aliphatic carbocycles. The molecule has 1 rings (SSSR count). The molecule has 0 aliphatic heterocycles. The highest BCUT2D eigenvalue weighted by Gasteiger charge is 2.28. The van der Waals surface area contributed by atoms with Gasteiger partial charge in [0.05, 0.1) is 5.57 Å². The van der Waals surface area contributed by atoms with Crippen LogP contribution in [0.5, 0.6) is 0 Å². The second kappa shape index (κ2) is 6.86. The van der Waals surface area contributed by atoms with Crippen molar-refractivity contribution < 1.29 is 0 Å². The summed E-state index contributed by atoms with van der Waals surface area (Å²) in [6.45, 7) is 14.6. The van der Waals surface area contributed by atoms with E-state index >= 15 is 0 Å². The smallest absolute Gasteiger partial charge is 0.101 e. The van der Waals surface area contributed by atoms with E-state index in [1.54, 1.807) is 18.5 Å². The van der Waals surface area contributed by atoms with Gasteiger partial charge in [-0.3, -0.25) is 4.99 Å². The van der Waals surface area contributed by atoms with Crippen LogP contribution in [0.15, 0.2) is 64.9 Å². The highest BCUT2D eigenvalue weighted by Crippen LogP contribution is 2.42. The molecule has 0 spiro atoms. The molecule has 0 aromatic rings. The van der Waals surface area contributed by atoms with Gasteiger partial charge in [0, 0.05) is 12.4 Å². The fourth-order valence-corrected chi connectivity index (χ4v) is 2.34. The topological polar surface area (TPSA) is 36.1 Å². The Morgan fingerprint density at radius 2 is 1.90 bits per heavy atom. The van der Waals surface area contributed by atoms with Gasteiger partial charge in [0.2, 0.25) is 0 Å². The summed E-state index contributed by atoms with van der Waals surface area (Å²) in [7, 11) is 0. The van der Waals surface area contributed by atoms with Gasteiger partial charge in [-0.15, -0.1) is 0 Å². The SMILES string of the molecule is C=C1CC(C)(C)CC(=C)C1=CN=C/C(C#N)=C\C=C/C. The molecule has 0 radical (unpaired) electrons. The summed E-state index contributed by atoms with van der Waals surface area (Å²) in [4.78, 5) is 4.23. The highest BCUT2D eigenvalue weighted by molar-refractivity contribution is 5.84. The van der Waals surface area contributed by atoms with Crippen LogP contribution in [0.2, 0.25) is 0 Å². The van der Waals surface area contributed by atoms with Gasteiger partial charge in [0.1, 0.15) is 6.07 Å². The number of nitrogens with zero attached hydrogens (tertiary/aromatic N) is 2. The summed E-state index contributed by atoms with van der Waals surface area (Å²) in [5.74, 6) is 0. The number of allylic oxidation sites excluding steroid dienone is 7. The van der Waals surface area contributed by atoms with Crippen molar-refractivity contribution in [3.63, 3.8) is 0 Å². The van der Waals surface area contributed by atoms with Crippen molar-refractivity contribution in [2.45, 2.75) is 33.6 Å². The first-order valence-electron chi connectivity index (χ1n) is 6.72. The molecule has 2 heteroatoms. The van der Waals surface area contributed by atoms with Gasteiger partial charge in [-0.25, -0.2) is 0 Å². The monoisotopic (exact) mass is 266 g/mol. The van der Waals surface area contributed by atoms with Crippen LogP contribution in [0.1, 0.15) is 33.6 Å². The molecule has 1 fully saturated rings. The molecule has 0 heterocycles. The van der Waals surface area contributed by atoms with Crippen LogP contribution in [-0.2, 0) is 0 Å². The van der Waals surface area contributed by atoms with Crippen LogP contribution in [-0.4, -0.2) is 6.21 Å². The fourth-order valence-electron chi connectivity index (χ4n) is 2.34. The Morgan fingerprint density at radius 3 is 2.40 bits per heavy atom. The van der Waals surface area contributed by atoms with Gasteiger partial charge >= 0.3 is 0 Å². The normalized spacial score (nSPS) is 19.7. The molecule has 1 saturated carbocycles. The molecule has 20 heavy (non-hydrogen) atoms.